The van der Waals surface area contributed by atoms with Crippen molar-refractivity contribution >= 4 is 0 Å². The maximum absolute atomic E-state index is 4.18. The van der Waals surface area contributed by atoms with Crippen molar-refractivity contribution in [2.45, 2.75) is 13.0 Å². The third kappa shape index (κ3) is 2.74. The van der Waals surface area contributed by atoms with Gasteiger partial charge < -0.3 is 9.13 Å². The van der Waals surface area contributed by atoms with Crippen molar-refractivity contribution in [3.05, 3.63) is 53.9 Å². The summed E-state index contributed by atoms with van der Waals surface area (Å²) in [5, 5.41) is 12.2. The zero-order valence-corrected chi connectivity index (χ0v) is 10.9. The number of imidazole rings is 1. The average Bonchev–Trinajstić information content (AvgIpc) is 2.71. The first-order valence-electron chi connectivity index (χ1n) is 5.85. The van der Waals surface area contributed by atoms with Crippen molar-refractivity contribution in [1.29, 1.82) is 0 Å². The fourth-order valence-electron chi connectivity index (χ4n) is 1.66. The number of rotatable bonds is 3. The Balaban J connectivity index is 2.16. The summed E-state index contributed by atoms with van der Waals surface area (Å²) in [5.41, 5.74) is 1.90. The van der Waals surface area contributed by atoms with Crippen LogP contribution in [-0.2, 0) is 14.1 Å². The standard InChI is InChI=1S/C13H17N5/c1-11(12-7-5-4-6-8-12)14-16-15-13-17(2)9-10-18(13)3/h4-11H,1-3H3. The number of nitrogens with zero attached hydrogens (tertiary/aromatic N) is 5. The Kier molecular flexibility index (Phi) is 3.72. The molecule has 0 saturated carbocycles. The average molecular weight is 243 g/mol. The maximum Gasteiger partial charge on any atom is 0.231 e. The molecule has 1 aromatic heterocycles. The van der Waals surface area contributed by atoms with Gasteiger partial charge in [0.05, 0.1) is 6.04 Å². The third-order valence-corrected chi connectivity index (χ3v) is 2.79. The van der Waals surface area contributed by atoms with Crippen LogP contribution in [0.1, 0.15) is 18.5 Å². The highest BCUT2D eigenvalue weighted by Gasteiger charge is 2.01. The van der Waals surface area contributed by atoms with Gasteiger partial charge in [-0.25, -0.2) is 0 Å². The SMILES string of the molecule is CC(N=NN=c1n(C)ccn1C)c1ccccc1. The number of aryl methyl sites for hydroxylation is 2. The van der Waals surface area contributed by atoms with Gasteiger partial charge in [0.2, 0.25) is 5.62 Å². The van der Waals surface area contributed by atoms with Gasteiger partial charge in [-0.15, -0.1) is 0 Å². The van der Waals surface area contributed by atoms with Crippen LogP contribution in [0.5, 0.6) is 0 Å². The van der Waals surface area contributed by atoms with E-state index in [4.69, 9.17) is 0 Å². The normalized spacial score (nSPS) is 12.8. The van der Waals surface area contributed by atoms with Gasteiger partial charge in [-0.1, -0.05) is 35.4 Å². The van der Waals surface area contributed by atoms with Gasteiger partial charge in [0.1, 0.15) is 0 Å². The minimum absolute atomic E-state index is 0.0144. The van der Waals surface area contributed by atoms with Crippen LogP contribution in [0.15, 0.2) is 58.2 Å². The zero-order chi connectivity index (χ0) is 13.0. The lowest BCUT2D eigenvalue weighted by Gasteiger charge is -2.02. The summed E-state index contributed by atoms with van der Waals surface area (Å²) in [6, 6.07) is 10.1. The van der Waals surface area contributed by atoms with Crippen LogP contribution in [0.2, 0.25) is 0 Å². The van der Waals surface area contributed by atoms with E-state index in [1.165, 1.54) is 0 Å². The second-order valence-corrected chi connectivity index (χ2v) is 4.21. The minimum Gasteiger partial charge on any atom is -0.319 e. The summed E-state index contributed by atoms with van der Waals surface area (Å²) >= 11 is 0. The van der Waals surface area contributed by atoms with Crippen molar-refractivity contribution < 1.29 is 0 Å². The molecule has 0 aliphatic rings. The lowest BCUT2D eigenvalue weighted by molar-refractivity contribution is 0.681. The molecule has 5 nitrogen and oxygen atoms in total. The predicted octanol–water partition coefficient (Wildman–Crippen LogP) is 2.39. The Morgan fingerprint density at radius 3 is 2.22 bits per heavy atom. The second kappa shape index (κ2) is 5.44. The van der Waals surface area contributed by atoms with Gasteiger partial charge in [-0.2, -0.15) is 5.11 Å². The topological polar surface area (TPSA) is 46.9 Å². The van der Waals surface area contributed by atoms with Crippen molar-refractivity contribution in [2.75, 3.05) is 0 Å². The van der Waals surface area contributed by atoms with Crippen molar-refractivity contribution in [1.82, 2.24) is 9.13 Å². The molecule has 0 aliphatic carbocycles. The lowest BCUT2D eigenvalue weighted by Crippen LogP contribution is -2.20. The van der Waals surface area contributed by atoms with E-state index in [2.05, 4.69) is 15.4 Å². The molecule has 1 heterocycles. The Hall–Kier alpha value is -2.17. The molecule has 0 amide bonds. The van der Waals surface area contributed by atoms with E-state index < -0.39 is 0 Å². The Morgan fingerprint density at radius 2 is 1.61 bits per heavy atom. The van der Waals surface area contributed by atoms with Crippen molar-refractivity contribution in [3.8, 4) is 0 Å². The molecule has 0 spiro atoms. The number of aromatic nitrogens is 2. The molecule has 0 N–H and O–H groups in total. The molecule has 0 saturated heterocycles. The van der Waals surface area contributed by atoms with Crippen LogP contribution in [0.25, 0.3) is 0 Å². The minimum atomic E-state index is 0.0144. The summed E-state index contributed by atoms with van der Waals surface area (Å²) in [6.07, 6.45) is 3.85. The molecule has 94 valence electrons. The van der Waals surface area contributed by atoms with Gasteiger partial charge in [-0.05, 0) is 17.7 Å². The van der Waals surface area contributed by atoms with E-state index in [1.54, 1.807) is 0 Å². The van der Waals surface area contributed by atoms with E-state index in [9.17, 15) is 0 Å². The van der Waals surface area contributed by atoms with Crippen LogP contribution in [0.4, 0.5) is 0 Å². The summed E-state index contributed by atoms with van der Waals surface area (Å²) in [6.45, 7) is 2.00. The van der Waals surface area contributed by atoms with Crippen LogP contribution in [0.3, 0.4) is 0 Å². The van der Waals surface area contributed by atoms with Gasteiger partial charge in [0.15, 0.2) is 0 Å². The zero-order valence-electron chi connectivity index (χ0n) is 10.9. The van der Waals surface area contributed by atoms with E-state index in [0.29, 0.717) is 0 Å². The second-order valence-electron chi connectivity index (χ2n) is 4.21. The fourth-order valence-corrected chi connectivity index (χ4v) is 1.66. The number of benzene rings is 1. The van der Waals surface area contributed by atoms with Gasteiger partial charge in [-0.3, -0.25) is 0 Å². The quantitative estimate of drug-likeness (QED) is 0.587. The highest BCUT2D eigenvalue weighted by atomic mass is 15.4. The van der Waals surface area contributed by atoms with E-state index >= 15 is 0 Å². The maximum atomic E-state index is 4.18. The molecule has 0 bridgehead atoms. The molecule has 1 unspecified atom stereocenters. The molecular formula is C13H17N5. The van der Waals surface area contributed by atoms with Crippen molar-refractivity contribution in [3.63, 3.8) is 0 Å². The number of hydrogen-bond donors (Lipinski definition) is 0. The van der Waals surface area contributed by atoms with Crippen molar-refractivity contribution in [2.24, 2.45) is 29.5 Å². The fraction of sp³-hybridized carbons (Fsp3) is 0.308. The molecule has 1 aromatic carbocycles. The summed E-state index contributed by atoms with van der Waals surface area (Å²) in [4.78, 5) is 0. The summed E-state index contributed by atoms with van der Waals surface area (Å²) in [5.74, 6) is 0. The highest BCUT2D eigenvalue weighted by Crippen LogP contribution is 2.15. The molecule has 1 atom stereocenters. The first-order valence-corrected chi connectivity index (χ1v) is 5.85. The van der Waals surface area contributed by atoms with Crippen LogP contribution < -0.4 is 5.62 Å². The third-order valence-electron chi connectivity index (χ3n) is 2.79. The molecule has 2 aromatic rings. The largest absolute Gasteiger partial charge is 0.319 e. The Bertz CT molecular complexity index is 569. The monoisotopic (exact) mass is 243 g/mol. The molecule has 0 radical (unpaired) electrons. The summed E-state index contributed by atoms with van der Waals surface area (Å²) in [7, 11) is 3.85. The van der Waals surface area contributed by atoms with Crippen LogP contribution in [0, 0.1) is 0 Å². The van der Waals surface area contributed by atoms with E-state index in [0.717, 1.165) is 11.2 Å². The van der Waals surface area contributed by atoms with E-state index in [-0.39, 0.29) is 6.04 Å². The van der Waals surface area contributed by atoms with Gasteiger partial charge in [0, 0.05) is 26.5 Å². The van der Waals surface area contributed by atoms with Crippen LogP contribution in [-0.4, -0.2) is 9.13 Å². The molecule has 5 heteroatoms. The first-order chi connectivity index (χ1) is 8.68. The molecule has 2 rings (SSSR count). The van der Waals surface area contributed by atoms with Gasteiger partial charge >= 0.3 is 0 Å². The number of hydrogen-bond acceptors (Lipinski definition) is 2. The Labute approximate surface area is 106 Å². The predicted molar refractivity (Wildman–Crippen MR) is 69.7 cm³/mol. The highest BCUT2D eigenvalue weighted by molar-refractivity contribution is 5.17. The Morgan fingerprint density at radius 1 is 1.00 bits per heavy atom. The molecule has 0 aliphatic heterocycles. The lowest BCUT2D eigenvalue weighted by atomic mass is 10.1. The van der Waals surface area contributed by atoms with Crippen LogP contribution >= 0.6 is 0 Å². The van der Waals surface area contributed by atoms with E-state index in [1.807, 2.05) is 72.9 Å². The van der Waals surface area contributed by atoms with Gasteiger partial charge in [0.25, 0.3) is 0 Å². The first kappa shape index (κ1) is 12.3. The summed E-state index contributed by atoms with van der Waals surface area (Å²) < 4.78 is 3.79. The molecule has 18 heavy (non-hydrogen) atoms. The molecule has 0 fully saturated rings. The molecular weight excluding hydrogens is 226 g/mol. The smallest absolute Gasteiger partial charge is 0.231 e.